The molecule has 0 spiro atoms. The lowest BCUT2D eigenvalue weighted by Crippen LogP contribution is -2.27. The van der Waals surface area contributed by atoms with Gasteiger partial charge in [0.15, 0.2) is 0 Å². The molecule has 0 aromatic heterocycles. The predicted molar refractivity (Wildman–Crippen MR) is 90.8 cm³/mol. The Morgan fingerprint density at radius 1 is 1.12 bits per heavy atom. The fourth-order valence-electron chi connectivity index (χ4n) is 1.95. The molecule has 128 valence electrons. The van der Waals surface area contributed by atoms with Crippen LogP contribution in [0.15, 0.2) is 53.4 Å². The van der Waals surface area contributed by atoms with Gasteiger partial charge in [-0.3, -0.25) is 9.52 Å². The van der Waals surface area contributed by atoms with Crippen LogP contribution >= 0.6 is 0 Å². The average molecular weight is 350 g/mol. The third-order valence-electron chi connectivity index (χ3n) is 3.20. The third kappa shape index (κ3) is 4.55. The van der Waals surface area contributed by atoms with E-state index in [0.29, 0.717) is 6.54 Å². The van der Waals surface area contributed by atoms with Crippen LogP contribution in [-0.2, 0) is 10.0 Å². The molecule has 0 aliphatic rings. The van der Waals surface area contributed by atoms with Gasteiger partial charge in [-0.05, 0) is 36.2 Å². The van der Waals surface area contributed by atoms with Gasteiger partial charge >= 0.3 is 0 Å². The summed E-state index contributed by atoms with van der Waals surface area (Å²) in [5.74, 6) is -0.748. The van der Waals surface area contributed by atoms with Crippen molar-refractivity contribution in [3.8, 4) is 0 Å². The van der Waals surface area contributed by atoms with Crippen molar-refractivity contribution in [2.24, 2.45) is 5.92 Å². The van der Waals surface area contributed by atoms with E-state index in [-0.39, 0.29) is 28.0 Å². The monoisotopic (exact) mass is 350 g/mol. The smallest absolute Gasteiger partial charge is 0.262 e. The van der Waals surface area contributed by atoms with Crippen molar-refractivity contribution < 1.29 is 17.6 Å². The van der Waals surface area contributed by atoms with Gasteiger partial charge in [0.1, 0.15) is 5.82 Å². The van der Waals surface area contributed by atoms with Crippen molar-refractivity contribution in [1.29, 1.82) is 0 Å². The first-order valence-electron chi connectivity index (χ1n) is 7.45. The Balaban J connectivity index is 2.23. The van der Waals surface area contributed by atoms with Gasteiger partial charge in [-0.2, -0.15) is 0 Å². The number of hydrogen-bond acceptors (Lipinski definition) is 3. The first-order chi connectivity index (χ1) is 11.3. The molecule has 7 heteroatoms. The molecule has 0 aliphatic heterocycles. The minimum atomic E-state index is -3.99. The number of rotatable bonds is 6. The van der Waals surface area contributed by atoms with Gasteiger partial charge in [-0.25, -0.2) is 12.8 Å². The second-order valence-corrected chi connectivity index (χ2v) is 7.40. The van der Waals surface area contributed by atoms with Gasteiger partial charge in [0.2, 0.25) is 0 Å². The highest BCUT2D eigenvalue weighted by Gasteiger charge is 2.18. The van der Waals surface area contributed by atoms with Crippen molar-refractivity contribution in [3.63, 3.8) is 0 Å². The zero-order valence-electron chi connectivity index (χ0n) is 13.4. The minimum Gasteiger partial charge on any atom is -0.352 e. The van der Waals surface area contributed by atoms with Crippen molar-refractivity contribution in [2.45, 2.75) is 18.7 Å². The molecule has 0 heterocycles. The molecule has 2 N–H and O–H groups in total. The molecule has 2 rings (SSSR count). The Morgan fingerprint density at radius 2 is 1.83 bits per heavy atom. The lowest BCUT2D eigenvalue weighted by Gasteiger charge is -2.11. The molecule has 24 heavy (non-hydrogen) atoms. The molecule has 5 nitrogen and oxygen atoms in total. The van der Waals surface area contributed by atoms with Crippen molar-refractivity contribution >= 4 is 21.6 Å². The maximum atomic E-state index is 13.6. The summed E-state index contributed by atoms with van der Waals surface area (Å²) in [4.78, 5) is 11.9. The largest absolute Gasteiger partial charge is 0.352 e. The molecule has 0 aliphatic carbocycles. The molecule has 0 unspecified atom stereocenters. The van der Waals surface area contributed by atoms with E-state index in [2.05, 4.69) is 10.0 Å². The van der Waals surface area contributed by atoms with Gasteiger partial charge in [0, 0.05) is 12.1 Å². The number of sulfonamides is 1. The maximum absolute atomic E-state index is 13.6. The fourth-order valence-corrected chi connectivity index (χ4v) is 3.06. The fraction of sp³-hybridized carbons (Fsp3) is 0.235. The van der Waals surface area contributed by atoms with E-state index in [1.54, 1.807) is 0 Å². The summed E-state index contributed by atoms with van der Waals surface area (Å²) in [5, 5.41) is 2.72. The molecule has 0 radical (unpaired) electrons. The summed E-state index contributed by atoms with van der Waals surface area (Å²) in [5.41, 5.74) is 0.0826. The maximum Gasteiger partial charge on any atom is 0.262 e. The Labute approximate surface area is 141 Å². The number of anilines is 1. The number of amides is 1. The Bertz CT molecular complexity index is 835. The summed E-state index contributed by atoms with van der Waals surface area (Å²) in [7, 11) is -3.99. The number of halogens is 1. The van der Waals surface area contributed by atoms with Crippen LogP contribution in [0, 0.1) is 11.7 Å². The summed E-state index contributed by atoms with van der Waals surface area (Å²) >= 11 is 0. The van der Waals surface area contributed by atoms with Gasteiger partial charge < -0.3 is 5.32 Å². The van der Waals surface area contributed by atoms with Gasteiger partial charge in [0.25, 0.3) is 15.9 Å². The van der Waals surface area contributed by atoms with Crippen LogP contribution in [-0.4, -0.2) is 20.9 Å². The van der Waals surface area contributed by atoms with E-state index in [1.807, 2.05) is 13.8 Å². The topological polar surface area (TPSA) is 75.3 Å². The number of hydrogen-bond donors (Lipinski definition) is 2. The van der Waals surface area contributed by atoms with E-state index < -0.39 is 15.8 Å². The predicted octanol–water partition coefficient (Wildman–Crippen LogP) is 3.01. The first kappa shape index (κ1) is 17.9. The molecular weight excluding hydrogens is 331 g/mol. The van der Waals surface area contributed by atoms with Crippen molar-refractivity contribution in [1.82, 2.24) is 5.32 Å². The van der Waals surface area contributed by atoms with Crippen molar-refractivity contribution in [3.05, 3.63) is 59.9 Å². The zero-order valence-corrected chi connectivity index (χ0v) is 14.2. The second-order valence-electron chi connectivity index (χ2n) is 5.72. The third-order valence-corrected chi connectivity index (χ3v) is 4.56. The molecule has 0 fully saturated rings. The van der Waals surface area contributed by atoms with Crippen LogP contribution in [0.3, 0.4) is 0 Å². The quantitative estimate of drug-likeness (QED) is 0.841. The summed E-state index contributed by atoms with van der Waals surface area (Å²) in [6.07, 6.45) is 0. The normalized spacial score (nSPS) is 11.3. The number of nitrogens with one attached hydrogen (secondary N) is 2. The van der Waals surface area contributed by atoms with Crippen LogP contribution in [0.2, 0.25) is 0 Å². The van der Waals surface area contributed by atoms with Crippen LogP contribution < -0.4 is 10.0 Å². The molecule has 0 saturated carbocycles. The molecule has 2 aromatic rings. The van der Waals surface area contributed by atoms with Crippen LogP contribution in [0.1, 0.15) is 24.2 Å². The average Bonchev–Trinajstić information content (AvgIpc) is 2.54. The number of benzene rings is 2. The summed E-state index contributed by atoms with van der Waals surface area (Å²) < 4.78 is 40.6. The molecule has 0 bridgehead atoms. The zero-order chi connectivity index (χ0) is 17.7. The molecular formula is C17H19FN2O3S. The Kier molecular flexibility index (Phi) is 5.56. The first-order valence-corrected chi connectivity index (χ1v) is 8.93. The molecule has 0 saturated heterocycles. The van der Waals surface area contributed by atoms with E-state index >= 15 is 0 Å². The van der Waals surface area contributed by atoms with E-state index in [4.69, 9.17) is 0 Å². The summed E-state index contributed by atoms with van der Waals surface area (Å²) in [6, 6.07) is 11.1. The number of carbonyl (C=O) groups excluding carboxylic acids is 1. The van der Waals surface area contributed by atoms with E-state index in [0.717, 1.165) is 6.07 Å². The van der Waals surface area contributed by atoms with Crippen LogP contribution in [0.4, 0.5) is 10.1 Å². The molecule has 1 amide bonds. The highest BCUT2D eigenvalue weighted by molar-refractivity contribution is 7.92. The van der Waals surface area contributed by atoms with Gasteiger partial charge in [-0.1, -0.05) is 32.0 Å². The Morgan fingerprint density at radius 3 is 2.50 bits per heavy atom. The summed E-state index contributed by atoms with van der Waals surface area (Å²) in [6.45, 7) is 4.41. The minimum absolute atomic E-state index is 0.108. The highest BCUT2D eigenvalue weighted by atomic mass is 32.2. The van der Waals surface area contributed by atoms with E-state index in [1.165, 1.54) is 42.5 Å². The SMILES string of the molecule is CC(C)CNC(=O)c1cccc(S(=O)(=O)Nc2ccccc2F)c1. The van der Waals surface area contributed by atoms with Crippen LogP contribution in [0.5, 0.6) is 0 Å². The lowest BCUT2D eigenvalue weighted by molar-refractivity contribution is 0.0949. The lowest BCUT2D eigenvalue weighted by atomic mass is 10.2. The van der Waals surface area contributed by atoms with E-state index in [9.17, 15) is 17.6 Å². The van der Waals surface area contributed by atoms with Crippen molar-refractivity contribution in [2.75, 3.05) is 11.3 Å². The highest BCUT2D eigenvalue weighted by Crippen LogP contribution is 2.19. The Hall–Kier alpha value is -2.41. The van der Waals surface area contributed by atoms with Crippen LogP contribution in [0.25, 0.3) is 0 Å². The number of carbonyl (C=O) groups is 1. The standard InChI is InChI=1S/C17H19FN2O3S/c1-12(2)11-19-17(21)13-6-5-7-14(10-13)24(22,23)20-16-9-4-3-8-15(16)18/h3-10,12,20H,11H2,1-2H3,(H,19,21). The van der Waals surface area contributed by atoms with Gasteiger partial charge in [0.05, 0.1) is 10.6 Å². The molecule has 0 atom stereocenters. The number of para-hydroxylation sites is 1. The second kappa shape index (κ2) is 7.44. The molecule has 2 aromatic carbocycles. The van der Waals surface area contributed by atoms with Gasteiger partial charge in [-0.15, -0.1) is 0 Å².